The zero-order valence-electron chi connectivity index (χ0n) is 11.4. The summed E-state index contributed by atoms with van der Waals surface area (Å²) in [6.45, 7) is 4.28. The number of rotatable bonds is 2. The highest BCUT2D eigenvalue weighted by molar-refractivity contribution is 6.31. The van der Waals surface area contributed by atoms with Crippen LogP contribution in [0, 0.1) is 0 Å². The van der Waals surface area contributed by atoms with E-state index in [-0.39, 0.29) is 11.8 Å². The first-order chi connectivity index (χ1) is 9.37. The Morgan fingerprint density at radius 2 is 2.20 bits per heavy atom. The Labute approximate surface area is 122 Å². The first-order valence-corrected chi connectivity index (χ1v) is 6.62. The number of nitrogens with two attached hydrogens (primary N) is 1. The van der Waals surface area contributed by atoms with Gasteiger partial charge in [0.15, 0.2) is 0 Å². The second-order valence-electron chi connectivity index (χ2n) is 5.11. The summed E-state index contributed by atoms with van der Waals surface area (Å²) in [5.41, 5.74) is 2.38. The summed E-state index contributed by atoms with van der Waals surface area (Å²) in [6.07, 6.45) is 0. The van der Waals surface area contributed by atoms with Crippen LogP contribution in [0.1, 0.15) is 24.2 Å². The minimum absolute atomic E-state index is 0.179. The Kier molecular flexibility index (Phi) is 3.87. The molecular weight excluding hydrogens is 280 g/mol. The molecule has 0 radical (unpaired) electrons. The molecule has 0 aliphatic carbocycles. The van der Waals surface area contributed by atoms with Crippen LogP contribution in [-0.4, -0.2) is 35.3 Å². The summed E-state index contributed by atoms with van der Waals surface area (Å²) in [4.78, 5) is 26.1. The van der Waals surface area contributed by atoms with Crippen molar-refractivity contribution >= 4 is 29.1 Å². The monoisotopic (exact) mass is 296 g/mol. The first-order valence-electron chi connectivity index (χ1n) is 6.24. The average molecular weight is 297 g/mol. The second kappa shape index (κ2) is 5.30. The van der Waals surface area contributed by atoms with E-state index in [1.807, 2.05) is 0 Å². The highest BCUT2D eigenvalue weighted by atomic mass is 35.5. The van der Waals surface area contributed by atoms with Gasteiger partial charge in [0.2, 0.25) is 5.91 Å². The highest BCUT2D eigenvalue weighted by Crippen LogP contribution is 2.26. The van der Waals surface area contributed by atoms with Crippen molar-refractivity contribution in [3.63, 3.8) is 0 Å². The van der Waals surface area contributed by atoms with Gasteiger partial charge >= 0.3 is 0 Å². The lowest BCUT2D eigenvalue weighted by atomic mass is 9.97. The zero-order valence-corrected chi connectivity index (χ0v) is 12.1. The zero-order chi connectivity index (χ0) is 14.9. The van der Waals surface area contributed by atoms with Crippen LogP contribution >= 0.6 is 11.6 Å². The number of hydrazine groups is 1. The largest absolute Gasteiger partial charge is 0.352 e. The average Bonchev–Trinajstić information content (AvgIpc) is 2.41. The molecule has 4 N–H and O–H groups in total. The van der Waals surface area contributed by atoms with E-state index in [1.54, 1.807) is 32.0 Å². The maximum atomic E-state index is 12.7. The molecule has 2 amide bonds. The number of nitrogens with one attached hydrogen (secondary N) is 2. The third-order valence-corrected chi connectivity index (χ3v) is 3.70. The standard InChI is InChI=1S/C13H17ClN4O2/c1-13(2)12(20)16-5-6-18(13)11(19)9-7-8(14)3-4-10(9)17-15/h3-4,7,17H,5-6,15H2,1-2H3,(H,16,20). The topological polar surface area (TPSA) is 87.5 Å². The molecule has 1 aromatic rings. The van der Waals surface area contributed by atoms with E-state index in [0.29, 0.717) is 29.4 Å². The molecule has 1 saturated heterocycles. The number of piperazine rings is 1. The maximum absolute atomic E-state index is 12.7. The second-order valence-corrected chi connectivity index (χ2v) is 5.54. The molecule has 2 rings (SSSR count). The lowest BCUT2D eigenvalue weighted by molar-refractivity contribution is -0.133. The van der Waals surface area contributed by atoms with E-state index in [1.165, 1.54) is 4.90 Å². The Hall–Kier alpha value is -1.79. The number of hydrogen-bond donors (Lipinski definition) is 3. The summed E-state index contributed by atoms with van der Waals surface area (Å²) >= 11 is 5.94. The fourth-order valence-corrected chi connectivity index (χ4v) is 2.39. The van der Waals surface area contributed by atoms with Gasteiger partial charge in [-0.05, 0) is 32.0 Å². The number of anilines is 1. The van der Waals surface area contributed by atoms with Gasteiger partial charge in [-0.2, -0.15) is 0 Å². The van der Waals surface area contributed by atoms with Crippen molar-refractivity contribution in [2.45, 2.75) is 19.4 Å². The van der Waals surface area contributed by atoms with Crippen LogP contribution < -0.4 is 16.6 Å². The molecule has 7 heteroatoms. The lowest BCUT2D eigenvalue weighted by Gasteiger charge is -2.41. The van der Waals surface area contributed by atoms with E-state index in [9.17, 15) is 9.59 Å². The minimum Gasteiger partial charge on any atom is -0.352 e. The SMILES string of the molecule is CC1(C)C(=O)NCCN1C(=O)c1cc(Cl)ccc1NN. The van der Waals surface area contributed by atoms with Crippen molar-refractivity contribution < 1.29 is 9.59 Å². The third-order valence-electron chi connectivity index (χ3n) is 3.46. The minimum atomic E-state index is -0.913. The molecule has 0 saturated carbocycles. The molecule has 0 spiro atoms. The summed E-state index contributed by atoms with van der Waals surface area (Å²) < 4.78 is 0. The Morgan fingerprint density at radius 1 is 1.50 bits per heavy atom. The fraction of sp³-hybridized carbons (Fsp3) is 0.385. The van der Waals surface area contributed by atoms with Gasteiger partial charge in [0.05, 0.1) is 11.3 Å². The van der Waals surface area contributed by atoms with Crippen molar-refractivity contribution in [2.24, 2.45) is 5.84 Å². The van der Waals surface area contributed by atoms with Gasteiger partial charge in [0.25, 0.3) is 5.91 Å². The van der Waals surface area contributed by atoms with Crippen molar-refractivity contribution in [3.8, 4) is 0 Å². The quantitative estimate of drug-likeness (QED) is 0.561. The number of hydrogen-bond acceptors (Lipinski definition) is 4. The van der Waals surface area contributed by atoms with Crippen LogP contribution in [0.3, 0.4) is 0 Å². The third kappa shape index (κ3) is 2.44. The number of nitrogen functional groups attached to an aromatic ring is 1. The molecule has 0 atom stereocenters. The highest BCUT2D eigenvalue weighted by Gasteiger charge is 2.41. The fourth-order valence-electron chi connectivity index (χ4n) is 2.22. The van der Waals surface area contributed by atoms with Crippen molar-refractivity contribution in [1.82, 2.24) is 10.2 Å². The Bertz CT molecular complexity index is 559. The predicted molar refractivity (Wildman–Crippen MR) is 77.4 cm³/mol. The summed E-state index contributed by atoms with van der Waals surface area (Å²) in [5, 5.41) is 3.19. The summed E-state index contributed by atoms with van der Waals surface area (Å²) in [7, 11) is 0. The molecule has 0 aromatic heterocycles. The van der Waals surface area contributed by atoms with E-state index in [4.69, 9.17) is 17.4 Å². The van der Waals surface area contributed by atoms with Gasteiger partial charge < -0.3 is 15.6 Å². The Balaban J connectivity index is 2.40. The van der Waals surface area contributed by atoms with Crippen LogP contribution in [-0.2, 0) is 4.79 Å². The summed E-state index contributed by atoms with van der Waals surface area (Å²) in [5.74, 6) is 4.96. The smallest absolute Gasteiger partial charge is 0.256 e. The van der Waals surface area contributed by atoms with Crippen molar-refractivity contribution in [2.75, 3.05) is 18.5 Å². The van der Waals surface area contributed by atoms with E-state index >= 15 is 0 Å². The Morgan fingerprint density at radius 3 is 2.85 bits per heavy atom. The first kappa shape index (κ1) is 14.6. The van der Waals surface area contributed by atoms with Gasteiger partial charge in [-0.1, -0.05) is 11.6 Å². The van der Waals surface area contributed by atoms with Crippen LogP contribution in [0.15, 0.2) is 18.2 Å². The molecule has 0 unspecified atom stereocenters. The predicted octanol–water partition coefficient (Wildman–Crippen LogP) is 0.976. The molecule has 1 heterocycles. The van der Waals surface area contributed by atoms with Gasteiger partial charge in [0.1, 0.15) is 5.54 Å². The summed E-state index contributed by atoms with van der Waals surface area (Å²) in [6, 6.07) is 4.82. The van der Waals surface area contributed by atoms with Gasteiger partial charge in [-0.25, -0.2) is 0 Å². The molecule has 1 aliphatic heterocycles. The number of carbonyl (C=O) groups is 2. The number of amides is 2. The molecule has 108 valence electrons. The van der Waals surface area contributed by atoms with Crippen molar-refractivity contribution in [1.29, 1.82) is 0 Å². The lowest BCUT2D eigenvalue weighted by Crippen LogP contribution is -2.63. The van der Waals surface area contributed by atoms with E-state index in [2.05, 4.69) is 10.7 Å². The number of benzene rings is 1. The van der Waals surface area contributed by atoms with Gasteiger partial charge in [0, 0.05) is 18.1 Å². The molecule has 20 heavy (non-hydrogen) atoms. The molecule has 0 bridgehead atoms. The van der Waals surface area contributed by atoms with Gasteiger partial charge in [-0.15, -0.1) is 0 Å². The molecular formula is C13H17ClN4O2. The maximum Gasteiger partial charge on any atom is 0.256 e. The van der Waals surface area contributed by atoms with Crippen molar-refractivity contribution in [3.05, 3.63) is 28.8 Å². The number of halogens is 1. The van der Waals surface area contributed by atoms with E-state index in [0.717, 1.165) is 0 Å². The molecule has 1 aromatic carbocycles. The van der Waals surface area contributed by atoms with Crippen LogP contribution in [0.4, 0.5) is 5.69 Å². The molecule has 1 aliphatic rings. The van der Waals surface area contributed by atoms with Gasteiger partial charge in [-0.3, -0.25) is 15.4 Å². The van der Waals surface area contributed by atoms with Crippen LogP contribution in [0.2, 0.25) is 5.02 Å². The van der Waals surface area contributed by atoms with E-state index < -0.39 is 5.54 Å². The normalized spacial score (nSPS) is 17.6. The molecule has 1 fully saturated rings. The molecule has 6 nitrogen and oxygen atoms in total. The van der Waals surface area contributed by atoms with Crippen LogP contribution in [0.5, 0.6) is 0 Å². The number of nitrogens with zero attached hydrogens (tertiary/aromatic N) is 1. The van der Waals surface area contributed by atoms with Crippen LogP contribution in [0.25, 0.3) is 0 Å². The number of carbonyl (C=O) groups excluding carboxylic acids is 2.